The molecule has 0 saturated carbocycles. The van der Waals surface area contributed by atoms with Crippen molar-refractivity contribution < 1.29 is 24.4 Å². The molecule has 0 spiro atoms. The third-order valence-corrected chi connectivity index (χ3v) is 1.77. The number of nitro groups is 1. The Morgan fingerprint density at radius 2 is 2.12 bits per heavy atom. The van der Waals surface area contributed by atoms with E-state index < -0.39 is 29.1 Å². The summed E-state index contributed by atoms with van der Waals surface area (Å²) in [5.74, 6) is -2.30. The Hall–Kier alpha value is -2.64. The summed E-state index contributed by atoms with van der Waals surface area (Å²) in [6.07, 6.45) is 0. The molecular weight excluding hydrogens is 232 g/mol. The van der Waals surface area contributed by atoms with Gasteiger partial charge in [-0.2, -0.15) is 0 Å². The second kappa shape index (κ2) is 4.92. The van der Waals surface area contributed by atoms with Crippen LogP contribution in [0.2, 0.25) is 0 Å². The van der Waals surface area contributed by atoms with Gasteiger partial charge in [0.25, 0.3) is 5.91 Å². The number of hydrogen-bond acceptors (Lipinski definition) is 5. The van der Waals surface area contributed by atoms with Gasteiger partial charge in [0.1, 0.15) is 0 Å². The number of benzene rings is 1. The number of ether oxygens (including phenoxy) is 1. The first kappa shape index (κ1) is 12.4. The van der Waals surface area contributed by atoms with E-state index in [9.17, 15) is 19.7 Å². The predicted molar refractivity (Wildman–Crippen MR) is 54.7 cm³/mol. The molecule has 1 aromatic carbocycles. The maximum Gasteiger partial charge on any atom is 0.335 e. The second-order valence-corrected chi connectivity index (χ2v) is 3.00. The van der Waals surface area contributed by atoms with Gasteiger partial charge in [-0.3, -0.25) is 14.9 Å². The van der Waals surface area contributed by atoms with E-state index in [0.717, 1.165) is 18.2 Å². The number of nitrogens with two attached hydrogens (primary N) is 1. The Labute approximate surface area is 94.7 Å². The maximum absolute atomic E-state index is 10.7. The van der Waals surface area contributed by atoms with E-state index in [1.807, 2.05) is 0 Å². The number of carbonyl (C=O) groups is 2. The number of amides is 1. The number of aromatic carboxylic acids is 1. The average molecular weight is 240 g/mol. The van der Waals surface area contributed by atoms with Crippen molar-refractivity contribution in [3.8, 4) is 5.75 Å². The number of carbonyl (C=O) groups excluding carboxylic acids is 1. The summed E-state index contributed by atoms with van der Waals surface area (Å²) in [5, 5.41) is 19.3. The van der Waals surface area contributed by atoms with Crippen molar-refractivity contribution in [1.82, 2.24) is 0 Å². The van der Waals surface area contributed by atoms with Gasteiger partial charge in [-0.05, 0) is 12.1 Å². The first-order chi connectivity index (χ1) is 7.91. The molecule has 0 saturated heterocycles. The van der Waals surface area contributed by atoms with Crippen LogP contribution in [-0.4, -0.2) is 28.5 Å². The Morgan fingerprint density at radius 1 is 1.47 bits per heavy atom. The fourth-order valence-electron chi connectivity index (χ4n) is 1.06. The highest BCUT2D eigenvalue weighted by Crippen LogP contribution is 2.27. The van der Waals surface area contributed by atoms with Crippen LogP contribution in [0.25, 0.3) is 0 Å². The lowest BCUT2D eigenvalue weighted by molar-refractivity contribution is -0.385. The number of primary amides is 1. The maximum atomic E-state index is 10.7. The number of carboxylic acids is 1. The van der Waals surface area contributed by atoms with Crippen LogP contribution in [-0.2, 0) is 4.79 Å². The molecule has 1 aromatic rings. The van der Waals surface area contributed by atoms with E-state index in [-0.39, 0.29) is 11.3 Å². The first-order valence-corrected chi connectivity index (χ1v) is 4.34. The Bertz CT molecular complexity index is 484. The molecule has 0 radical (unpaired) electrons. The summed E-state index contributed by atoms with van der Waals surface area (Å²) in [5.41, 5.74) is 4.03. The second-order valence-electron chi connectivity index (χ2n) is 3.00. The van der Waals surface area contributed by atoms with Crippen molar-refractivity contribution in [2.45, 2.75) is 0 Å². The van der Waals surface area contributed by atoms with Gasteiger partial charge in [0.15, 0.2) is 12.4 Å². The lowest BCUT2D eigenvalue weighted by Crippen LogP contribution is -2.20. The molecule has 0 fully saturated rings. The SMILES string of the molecule is NC(=O)COc1ccc(C(=O)O)cc1[N+](=O)[O-]. The fraction of sp³-hybridized carbons (Fsp3) is 0.111. The highest BCUT2D eigenvalue weighted by atomic mass is 16.6. The molecule has 0 atom stereocenters. The van der Waals surface area contributed by atoms with Crippen LogP contribution in [0, 0.1) is 10.1 Å². The van der Waals surface area contributed by atoms with Crippen LogP contribution < -0.4 is 10.5 Å². The van der Waals surface area contributed by atoms with Gasteiger partial charge in [-0.25, -0.2) is 4.79 Å². The van der Waals surface area contributed by atoms with Gasteiger partial charge >= 0.3 is 11.7 Å². The van der Waals surface area contributed by atoms with Gasteiger partial charge in [-0.1, -0.05) is 0 Å². The molecule has 1 amide bonds. The van der Waals surface area contributed by atoms with Crippen molar-refractivity contribution in [3.63, 3.8) is 0 Å². The van der Waals surface area contributed by atoms with Crippen molar-refractivity contribution in [2.24, 2.45) is 5.73 Å². The van der Waals surface area contributed by atoms with Gasteiger partial charge in [-0.15, -0.1) is 0 Å². The normalized spacial score (nSPS) is 9.65. The summed E-state index contributed by atoms with van der Waals surface area (Å²) in [6, 6.07) is 3.08. The van der Waals surface area contributed by atoms with Crippen LogP contribution in [0.1, 0.15) is 10.4 Å². The molecule has 0 bridgehead atoms. The Balaban J connectivity index is 3.08. The molecule has 1 rings (SSSR count). The minimum Gasteiger partial charge on any atom is -0.478 e. The molecule has 8 nitrogen and oxygen atoms in total. The first-order valence-electron chi connectivity index (χ1n) is 4.34. The summed E-state index contributed by atoms with van der Waals surface area (Å²) < 4.78 is 4.79. The zero-order chi connectivity index (χ0) is 13.0. The van der Waals surface area contributed by atoms with E-state index in [1.165, 1.54) is 0 Å². The number of carboxylic acid groups (broad SMARTS) is 1. The van der Waals surface area contributed by atoms with Crippen molar-refractivity contribution in [1.29, 1.82) is 0 Å². The lowest BCUT2D eigenvalue weighted by atomic mass is 10.2. The molecule has 0 aliphatic carbocycles. The smallest absolute Gasteiger partial charge is 0.335 e. The zero-order valence-electron chi connectivity index (χ0n) is 8.45. The quantitative estimate of drug-likeness (QED) is 0.556. The molecule has 0 heterocycles. The molecule has 0 aromatic heterocycles. The standard InChI is InChI=1S/C9H8N2O6/c10-8(12)4-17-7-2-1-5(9(13)14)3-6(7)11(15)16/h1-3H,4H2,(H2,10,12)(H,13,14). The highest BCUT2D eigenvalue weighted by molar-refractivity contribution is 5.89. The van der Waals surface area contributed by atoms with Gasteiger partial charge in [0.2, 0.25) is 0 Å². The zero-order valence-corrected chi connectivity index (χ0v) is 8.45. The molecular formula is C9H8N2O6. The van der Waals surface area contributed by atoms with E-state index in [2.05, 4.69) is 0 Å². The van der Waals surface area contributed by atoms with Gasteiger partial charge in [0.05, 0.1) is 10.5 Å². The summed E-state index contributed by atoms with van der Waals surface area (Å²) in [7, 11) is 0. The minimum absolute atomic E-state index is 0.209. The van der Waals surface area contributed by atoms with Crippen molar-refractivity contribution in [2.75, 3.05) is 6.61 Å². The largest absolute Gasteiger partial charge is 0.478 e. The number of nitrogens with zero attached hydrogens (tertiary/aromatic N) is 1. The number of rotatable bonds is 5. The summed E-state index contributed by atoms with van der Waals surface area (Å²) in [4.78, 5) is 30.9. The summed E-state index contributed by atoms with van der Waals surface area (Å²) in [6.45, 7) is -0.521. The molecule has 90 valence electrons. The lowest BCUT2D eigenvalue weighted by Gasteiger charge is -2.04. The van der Waals surface area contributed by atoms with E-state index >= 15 is 0 Å². The predicted octanol–water partition coefficient (Wildman–Crippen LogP) is 0.157. The summed E-state index contributed by atoms with van der Waals surface area (Å²) >= 11 is 0. The molecule has 17 heavy (non-hydrogen) atoms. The molecule has 0 aliphatic heterocycles. The van der Waals surface area contributed by atoms with Crippen LogP contribution >= 0.6 is 0 Å². The number of nitro benzene ring substituents is 1. The van der Waals surface area contributed by atoms with Crippen LogP contribution in [0.15, 0.2) is 18.2 Å². The average Bonchev–Trinajstić information content (AvgIpc) is 2.25. The van der Waals surface area contributed by atoms with E-state index in [4.69, 9.17) is 15.6 Å². The highest BCUT2D eigenvalue weighted by Gasteiger charge is 2.18. The van der Waals surface area contributed by atoms with E-state index in [1.54, 1.807) is 0 Å². The van der Waals surface area contributed by atoms with Crippen LogP contribution in [0.4, 0.5) is 5.69 Å². The fourth-order valence-corrected chi connectivity index (χ4v) is 1.06. The van der Waals surface area contributed by atoms with Crippen LogP contribution in [0.5, 0.6) is 5.75 Å². The molecule has 3 N–H and O–H groups in total. The van der Waals surface area contributed by atoms with Crippen molar-refractivity contribution in [3.05, 3.63) is 33.9 Å². The molecule has 0 unspecified atom stereocenters. The monoisotopic (exact) mass is 240 g/mol. The van der Waals surface area contributed by atoms with E-state index in [0.29, 0.717) is 0 Å². The van der Waals surface area contributed by atoms with Gasteiger partial charge in [0, 0.05) is 6.07 Å². The van der Waals surface area contributed by atoms with Crippen molar-refractivity contribution >= 4 is 17.6 Å². The number of hydrogen-bond donors (Lipinski definition) is 2. The van der Waals surface area contributed by atoms with Crippen LogP contribution in [0.3, 0.4) is 0 Å². The topological polar surface area (TPSA) is 133 Å². The Morgan fingerprint density at radius 3 is 2.59 bits per heavy atom. The third-order valence-electron chi connectivity index (χ3n) is 1.77. The molecule has 8 heteroatoms. The Kier molecular flexibility index (Phi) is 3.60. The molecule has 0 aliphatic rings. The van der Waals surface area contributed by atoms with Gasteiger partial charge < -0.3 is 15.6 Å². The third kappa shape index (κ3) is 3.16. The minimum atomic E-state index is -1.30.